The van der Waals surface area contributed by atoms with Crippen molar-refractivity contribution in [2.24, 2.45) is 0 Å². The molecule has 0 saturated heterocycles. The fourth-order valence-corrected chi connectivity index (χ4v) is 4.94. The van der Waals surface area contributed by atoms with Crippen molar-refractivity contribution in [1.29, 1.82) is 0 Å². The molecule has 9 nitrogen and oxygen atoms in total. The molecule has 218 valence electrons. The summed E-state index contributed by atoms with van der Waals surface area (Å²) in [5.41, 5.74) is 1.52. The molecule has 0 aromatic heterocycles. The van der Waals surface area contributed by atoms with Crippen LogP contribution in [-0.4, -0.2) is 63.9 Å². The first-order valence-electron chi connectivity index (χ1n) is 14.0. The SMILES string of the molecule is Cc1ccc(C(C(=O)NC2CCCCC2)N(CCO)C(=O)C(Cc2ccc(O)cc2)NC(=O)OC(C)(C)C)cc1. The molecule has 4 N–H and O–H groups in total. The Kier molecular flexibility index (Phi) is 11.0. The van der Waals surface area contributed by atoms with Gasteiger partial charge in [0, 0.05) is 19.0 Å². The van der Waals surface area contributed by atoms with Crippen LogP contribution in [0.5, 0.6) is 5.75 Å². The maximum Gasteiger partial charge on any atom is 0.408 e. The minimum Gasteiger partial charge on any atom is -0.508 e. The first kappa shape index (κ1) is 30.9. The summed E-state index contributed by atoms with van der Waals surface area (Å²) in [7, 11) is 0. The number of nitrogens with one attached hydrogen (secondary N) is 2. The first-order valence-corrected chi connectivity index (χ1v) is 14.0. The molecule has 0 spiro atoms. The number of hydrogen-bond donors (Lipinski definition) is 4. The normalized spacial score (nSPS) is 15.5. The van der Waals surface area contributed by atoms with E-state index in [0.29, 0.717) is 11.1 Å². The van der Waals surface area contributed by atoms with Crippen molar-refractivity contribution in [2.75, 3.05) is 13.2 Å². The molecular formula is C31H43N3O6. The number of aliphatic hydroxyl groups excluding tert-OH is 1. The summed E-state index contributed by atoms with van der Waals surface area (Å²) in [4.78, 5) is 42.2. The average molecular weight is 554 g/mol. The maximum atomic E-state index is 14.2. The van der Waals surface area contributed by atoms with Gasteiger partial charge in [0.1, 0.15) is 23.4 Å². The minimum atomic E-state index is -1.10. The van der Waals surface area contributed by atoms with Gasteiger partial charge in [0.25, 0.3) is 0 Å². The molecule has 9 heteroatoms. The zero-order valence-corrected chi connectivity index (χ0v) is 24.0. The number of nitrogens with zero attached hydrogens (tertiary/aromatic N) is 1. The van der Waals surface area contributed by atoms with Crippen LogP contribution in [0.2, 0.25) is 0 Å². The molecule has 2 atom stereocenters. The van der Waals surface area contributed by atoms with Crippen LogP contribution in [0.15, 0.2) is 48.5 Å². The molecular weight excluding hydrogens is 510 g/mol. The topological polar surface area (TPSA) is 128 Å². The summed E-state index contributed by atoms with van der Waals surface area (Å²) in [5.74, 6) is -0.775. The van der Waals surface area contributed by atoms with Gasteiger partial charge >= 0.3 is 6.09 Å². The maximum absolute atomic E-state index is 14.2. The zero-order valence-electron chi connectivity index (χ0n) is 24.0. The van der Waals surface area contributed by atoms with E-state index in [-0.39, 0.29) is 37.3 Å². The van der Waals surface area contributed by atoms with E-state index in [9.17, 15) is 24.6 Å². The van der Waals surface area contributed by atoms with Gasteiger partial charge in [-0.1, -0.05) is 61.2 Å². The summed E-state index contributed by atoms with van der Waals surface area (Å²) < 4.78 is 5.43. The summed E-state index contributed by atoms with van der Waals surface area (Å²) in [6.07, 6.45) is 4.28. The molecule has 0 heterocycles. The number of benzene rings is 2. The van der Waals surface area contributed by atoms with E-state index >= 15 is 0 Å². The van der Waals surface area contributed by atoms with Gasteiger partial charge in [-0.05, 0) is 63.8 Å². The second-order valence-electron chi connectivity index (χ2n) is 11.5. The third-order valence-corrected chi connectivity index (χ3v) is 6.89. The van der Waals surface area contributed by atoms with Crippen LogP contribution in [0.4, 0.5) is 4.79 Å². The quantitative estimate of drug-likeness (QED) is 0.350. The predicted octanol–water partition coefficient (Wildman–Crippen LogP) is 4.15. The van der Waals surface area contributed by atoms with E-state index in [0.717, 1.165) is 37.7 Å². The number of alkyl carbamates (subject to hydrolysis) is 1. The Labute approximate surface area is 236 Å². The molecule has 1 fully saturated rings. The number of rotatable bonds is 10. The number of carbonyl (C=O) groups is 3. The van der Waals surface area contributed by atoms with Gasteiger partial charge in [-0.3, -0.25) is 9.59 Å². The number of aliphatic hydroxyl groups is 1. The Hall–Kier alpha value is -3.59. The zero-order chi connectivity index (χ0) is 29.3. The van der Waals surface area contributed by atoms with Crippen LogP contribution in [0, 0.1) is 6.92 Å². The molecule has 0 aliphatic heterocycles. The summed E-state index contributed by atoms with van der Waals surface area (Å²) >= 11 is 0. The van der Waals surface area contributed by atoms with Gasteiger partial charge in [-0.2, -0.15) is 0 Å². The van der Waals surface area contributed by atoms with Crippen molar-refractivity contribution >= 4 is 17.9 Å². The lowest BCUT2D eigenvalue weighted by atomic mass is 9.94. The molecule has 3 rings (SSSR count). The van der Waals surface area contributed by atoms with E-state index < -0.39 is 29.7 Å². The van der Waals surface area contributed by atoms with E-state index in [4.69, 9.17) is 4.74 Å². The lowest BCUT2D eigenvalue weighted by Gasteiger charge is -2.35. The molecule has 40 heavy (non-hydrogen) atoms. The number of ether oxygens (including phenoxy) is 1. The molecule has 1 aliphatic rings. The van der Waals surface area contributed by atoms with E-state index in [1.165, 1.54) is 17.0 Å². The van der Waals surface area contributed by atoms with E-state index in [1.807, 2.05) is 31.2 Å². The monoisotopic (exact) mass is 553 g/mol. The number of hydrogen-bond acceptors (Lipinski definition) is 6. The van der Waals surface area contributed by atoms with Gasteiger partial charge in [0.05, 0.1) is 6.61 Å². The van der Waals surface area contributed by atoms with Crippen molar-refractivity contribution in [3.8, 4) is 5.75 Å². The molecule has 2 aromatic carbocycles. The van der Waals surface area contributed by atoms with Crippen LogP contribution in [0.25, 0.3) is 0 Å². The fourth-order valence-electron chi connectivity index (χ4n) is 4.94. The highest BCUT2D eigenvalue weighted by atomic mass is 16.6. The van der Waals surface area contributed by atoms with Gasteiger partial charge in [-0.15, -0.1) is 0 Å². The molecule has 3 amide bonds. The van der Waals surface area contributed by atoms with Crippen LogP contribution in [-0.2, 0) is 20.7 Å². The average Bonchev–Trinajstić information content (AvgIpc) is 2.89. The van der Waals surface area contributed by atoms with Crippen molar-refractivity contribution in [2.45, 2.75) is 89.9 Å². The third kappa shape index (κ3) is 9.26. The Morgan fingerprint density at radius 3 is 2.20 bits per heavy atom. The Morgan fingerprint density at radius 1 is 1.00 bits per heavy atom. The number of phenols is 1. The molecule has 1 saturated carbocycles. The van der Waals surface area contributed by atoms with Gasteiger partial charge in [0.15, 0.2) is 0 Å². The van der Waals surface area contributed by atoms with Crippen LogP contribution in [0.1, 0.15) is 75.6 Å². The second-order valence-corrected chi connectivity index (χ2v) is 11.5. The highest BCUT2D eigenvalue weighted by Gasteiger charge is 2.37. The van der Waals surface area contributed by atoms with Gasteiger partial charge in [0.2, 0.25) is 11.8 Å². The van der Waals surface area contributed by atoms with Crippen molar-refractivity contribution in [3.05, 3.63) is 65.2 Å². The van der Waals surface area contributed by atoms with Gasteiger partial charge in [-0.25, -0.2) is 4.79 Å². The largest absolute Gasteiger partial charge is 0.508 e. The highest BCUT2D eigenvalue weighted by molar-refractivity contribution is 5.92. The van der Waals surface area contributed by atoms with Crippen molar-refractivity contribution < 1.29 is 29.3 Å². The van der Waals surface area contributed by atoms with Crippen LogP contribution in [0.3, 0.4) is 0 Å². The summed E-state index contributed by atoms with van der Waals surface area (Å²) in [5, 5.41) is 25.5. The lowest BCUT2D eigenvalue weighted by molar-refractivity contribution is -0.143. The summed E-state index contributed by atoms with van der Waals surface area (Å²) in [6, 6.07) is 11.6. The standard InChI is InChI=1S/C31H43N3O6/c1-21-10-14-23(15-11-21)27(28(37)32-24-8-6-5-7-9-24)34(18-19-35)29(38)26(33-30(39)40-31(2,3)4)20-22-12-16-25(36)17-13-22/h10-17,24,26-27,35-36H,5-9,18-20H2,1-4H3,(H,32,37)(H,33,39). The first-order chi connectivity index (χ1) is 19.0. The molecule has 2 unspecified atom stereocenters. The predicted molar refractivity (Wildman–Crippen MR) is 153 cm³/mol. The Balaban J connectivity index is 1.97. The van der Waals surface area contributed by atoms with Gasteiger partial charge < -0.3 is 30.5 Å². The van der Waals surface area contributed by atoms with Crippen molar-refractivity contribution in [3.63, 3.8) is 0 Å². The Morgan fingerprint density at radius 2 is 1.62 bits per heavy atom. The number of carbonyl (C=O) groups excluding carboxylic acids is 3. The van der Waals surface area contributed by atoms with Crippen LogP contribution < -0.4 is 10.6 Å². The van der Waals surface area contributed by atoms with E-state index in [2.05, 4.69) is 10.6 Å². The number of phenolic OH excluding ortho intramolecular Hbond substituents is 1. The second kappa shape index (κ2) is 14.2. The molecule has 0 radical (unpaired) electrons. The number of aromatic hydroxyl groups is 1. The Bertz CT molecular complexity index is 1120. The highest BCUT2D eigenvalue weighted by Crippen LogP contribution is 2.26. The van der Waals surface area contributed by atoms with Crippen LogP contribution >= 0.6 is 0 Å². The minimum absolute atomic E-state index is 0.0213. The van der Waals surface area contributed by atoms with Crippen molar-refractivity contribution in [1.82, 2.24) is 15.5 Å². The molecule has 2 aromatic rings. The summed E-state index contributed by atoms with van der Waals surface area (Å²) in [6.45, 7) is 6.64. The molecule has 1 aliphatic carbocycles. The lowest BCUT2D eigenvalue weighted by Crippen LogP contribution is -2.55. The third-order valence-electron chi connectivity index (χ3n) is 6.89. The molecule has 0 bridgehead atoms. The fraction of sp³-hybridized carbons (Fsp3) is 0.516. The number of amides is 3. The number of aryl methyl sites for hydroxylation is 1. The smallest absolute Gasteiger partial charge is 0.408 e. The van der Waals surface area contributed by atoms with E-state index in [1.54, 1.807) is 32.9 Å².